The molecule has 0 radical (unpaired) electrons. The molecule has 28 heavy (non-hydrogen) atoms. The Kier molecular flexibility index (Phi) is 3.80. The second-order valence-corrected chi connectivity index (χ2v) is 6.93. The van der Waals surface area contributed by atoms with E-state index in [2.05, 4.69) is 17.1 Å². The number of aromatic nitrogens is 2. The standard InChI is InChI=1S/C25H18N2O/c1-17-8-5-13-20-21(18-9-3-2-4-10-18)16-27(25(28)23(17)20)22-14-6-11-19-12-7-15-26-24(19)22/h2-16H,1H3. The third-order valence-corrected chi connectivity index (χ3v) is 5.21. The number of benzene rings is 3. The van der Waals surface area contributed by atoms with Crippen LogP contribution in [0, 0.1) is 6.92 Å². The summed E-state index contributed by atoms with van der Waals surface area (Å²) in [4.78, 5) is 18.1. The normalized spacial score (nSPS) is 11.2. The Bertz CT molecular complexity index is 1380. The lowest BCUT2D eigenvalue weighted by atomic mass is 9.98. The molecule has 3 heteroatoms. The first-order valence-corrected chi connectivity index (χ1v) is 9.28. The summed E-state index contributed by atoms with van der Waals surface area (Å²) in [5.74, 6) is 0. The smallest absolute Gasteiger partial charge is 0.263 e. The predicted octanol–water partition coefficient (Wildman–Crippen LogP) is 5.51. The molecule has 0 fully saturated rings. The van der Waals surface area contributed by atoms with E-state index in [1.165, 1.54) is 0 Å². The summed E-state index contributed by atoms with van der Waals surface area (Å²) in [6, 6.07) is 26.1. The summed E-state index contributed by atoms with van der Waals surface area (Å²) < 4.78 is 1.74. The van der Waals surface area contributed by atoms with Gasteiger partial charge in [-0.15, -0.1) is 0 Å². The Labute approximate surface area is 162 Å². The lowest BCUT2D eigenvalue weighted by Gasteiger charge is -2.15. The van der Waals surface area contributed by atoms with E-state index < -0.39 is 0 Å². The van der Waals surface area contributed by atoms with Gasteiger partial charge in [-0.1, -0.05) is 66.7 Å². The first kappa shape index (κ1) is 16.5. The van der Waals surface area contributed by atoms with Gasteiger partial charge in [0.05, 0.1) is 16.6 Å². The van der Waals surface area contributed by atoms with E-state index in [1.807, 2.05) is 79.9 Å². The molecule has 2 heterocycles. The van der Waals surface area contributed by atoms with Crippen molar-refractivity contribution in [3.05, 3.63) is 107 Å². The van der Waals surface area contributed by atoms with Gasteiger partial charge in [0, 0.05) is 23.3 Å². The fraction of sp³-hybridized carbons (Fsp3) is 0.0400. The minimum atomic E-state index is -0.0223. The molecule has 3 nitrogen and oxygen atoms in total. The molecular weight excluding hydrogens is 344 g/mol. The van der Waals surface area contributed by atoms with Crippen molar-refractivity contribution in [2.45, 2.75) is 6.92 Å². The van der Waals surface area contributed by atoms with Crippen molar-refractivity contribution in [2.75, 3.05) is 0 Å². The highest BCUT2D eigenvalue weighted by Gasteiger charge is 2.15. The van der Waals surface area contributed by atoms with Crippen LogP contribution < -0.4 is 5.56 Å². The van der Waals surface area contributed by atoms with Crippen LogP contribution in [0.2, 0.25) is 0 Å². The number of pyridine rings is 2. The van der Waals surface area contributed by atoms with Crippen molar-refractivity contribution < 1.29 is 0 Å². The van der Waals surface area contributed by atoms with Gasteiger partial charge >= 0.3 is 0 Å². The third-order valence-electron chi connectivity index (χ3n) is 5.21. The first-order valence-electron chi connectivity index (χ1n) is 9.28. The lowest BCUT2D eigenvalue weighted by molar-refractivity contribution is 1.01. The van der Waals surface area contributed by atoms with Gasteiger partial charge in [-0.3, -0.25) is 14.3 Å². The maximum atomic E-state index is 13.5. The highest BCUT2D eigenvalue weighted by Crippen LogP contribution is 2.30. The molecular formula is C25H18N2O. The van der Waals surface area contributed by atoms with Crippen LogP contribution in [-0.4, -0.2) is 9.55 Å². The van der Waals surface area contributed by atoms with Gasteiger partial charge in [-0.05, 0) is 35.6 Å². The van der Waals surface area contributed by atoms with Gasteiger partial charge in [0.15, 0.2) is 0 Å². The molecule has 0 aliphatic carbocycles. The summed E-state index contributed by atoms with van der Waals surface area (Å²) in [7, 11) is 0. The summed E-state index contributed by atoms with van der Waals surface area (Å²) >= 11 is 0. The number of hydrogen-bond donors (Lipinski definition) is 0. The van der Waals surface area contributed by atoms with E-state index in [0.29, 0.717) is 0 Å². The predicted molar refractivity (Wildman–Crippen MR) is 115 cm³/mol. The van der Waals surface area contributed by atoms with Crippen molar-refractivity contribution in [1.82, 2.24) is 9.55 Å². The van der Waals surface area contributed by atoms with Crippen LogP contribution >= 0.6 is 0 Å². The van der Waals surface area contributed by atoms with E-state index >= 15 is 0 Å². The number of aryl methyl sites for hydroxylation is 1. The van der Waals surface area contributed by atoms with Crippen molar-refractivity contribution in [2.24, 2.45) is 0 Å². The topological polar surface area (TPSA) is 34.9 Å². The van der Waals surface area contributed by atoms with Crippen molar-refractivity contribution in [3.63, 3.8) is 0 Å². The zero-order valence-electron chi connectivity index (χ0n) is 15.5. The van der Waals surface area contributed by atoms with Crippen molar-refractivity contribution in [3.8, 4) is 16.8 Å². The number of nitrogens with zero attached hydrogens (tertiary/aromatic N) is 2. The maximum Gasteiger partial charge on any atom is 0.263 e. The maximum absolute atomic E-state index is 13.5. The Balaban J connectivity index is 1.94. The van der Waals surface area contributed by atoms with Crippen LogP contribution in [0.1, 0.15) is 5.56 Å². The average molecular weight is 362 g/mol. The van der Waals surface area contributed by atoms with Crippen LogP contribution in [0.25, 0.3) is 38.5 Å². The molecule has 0 saturated carbocycles. The highest BCUT2D eigenvalue weighted by atomic mass is 16.1. The van der Waals surface area contributed by atoms with Crippen LogP contribution in [-0.2, 0) is 0 Å². The van der Waals surface area contributed by atoms with E-state index in [4.69, 9.17) is 0 Å². The van der Waals surface area contributed by atoms with Gasteiger partial charge in [0.2, 0.25) is 0 Å². The van der Waals surface area contributed by atoms with E-state index in [-0.39, 0.29) is 5.56 Å². The zero-order chi connectivity index (χ0) is 19.1. The fourth-order valence-electron chi connectivity index (χ4n) is 3.86. The fourth-order valence-corrected chi connectivity index (χ4v) is 3.86. The Morgan fingerprint density at radius 1 is 0.821 bits per heavy atom. The molecule has 5 aromatic rings. The monoisotopic (exact) mass is 362 g/mol. The Morgan fingerprint density at radius 2 is 1.61 bits per heavy atom. The van der Waals surface area contributed by atoms with Gasteiger partial charge < -0.3 is 0 Å². The quantitative estimate of drug-likeness (QED) is 0.415. The molecule has 2 aromatic heterocycles. The minimum Gasteiger partial charge on any atom is -0.281 e. The summed E-state index contributed by atoms with van der Waals surface area (Å²) in [5, 5.41) is 2.73. The first-order chi connectivity index (χ1) is 13.7. The highest BCUT2D eigenvalue weighted by molar-refractivity contribution is 5.98. The third kappa shape index (κ3) is 2.52. The number of fused-ring (bicyclic) bond motifs is 2. The second-order valence-electron chi connectivity index (χ2n) is 6.93. The molecule has 0 amide bonds. The van der Waals surface area contributed by atoms with Crippen LogP contribution in [0.3, 0.4) is 0 Å². The molecule has 134 valence electrons. The summed E-state index contributed by atoms with van der Waals surface area (Å²) in [6.45, 7) is 1.99. The van der Waals surface area contributed by atoms with Crippen LogP contribution in [0.5, 0.6) is 0 Å². The van der Waals surface area contributed by atoms with Crippen LogP contribution in [0.4, 0.5) is 0 Å². The van der Waals surface area contributed by atoms with Gasteiger partial charge in [0.25, 0.3) is 5.56 Å². The Morgan fingerprint density at radius 3 is 2.46 bits per heavy atom. The molecule has 0 N–H and O–H groups in total. The average Bonchev–Trinajstić information content (AvgIpc) is 2.74. The molecule has 0 aliphatic rings. The largest absolute Gasteiger partial charge is 0.281 e. The molecule has 0 atom stereocenters. The van der Waals surface area contributed by atoms with E-state index in [9.17, 15) is 4.79 Å². The molecule has 0 unspecified atom stereocenters. The Hall–Kier alpha value is -3.72. The van der Waals surface area contributed by atoms with Gasteiger partial charge in [-0.2, -0.15) is 0 Å². The number of hydrogen-bond acceptors (Lipinski definition) is 2. The zero-order valence-corrected chi connectivity index (χ0v) is 15.5. The van der Waals surface area contributed by atoms with Gasteiger partial charge in [-0.25, -0.2) is 0 Å². The van der Waals surface area contributed by atoms with Crippen molar-refractivity contribution >= 4 is 21.7 Å². The summed E-state index contributed by atoms with van der Waals surface area (Å²) in [5.41, 5.74) is 4.68. The SMILES string of the molecule is Cc1cccc2c(-c3ccccc3)cn(-c3cccc4cccnc34)c(=O)c12. The summed E-state index contributed by atoms with van der Waals surface area (Å²) in [6.07, 6.45) is 3.71. The molecule has 0 saturated heterocycles. The lowest BCUT2D eigenvalue weighted by Crippen LogP contribution is -2.19. The molecule has 0 spiro atoms. The van der Waals surface area contributed by atoms with E-state index in [0.717, 1.165) is 44.1 Å². The molecule has 0 bridgehead atoms. The minimum absolute atomic E-state index is 0.0223. The number of rotatable bonds is 2. The van der Waals surface area contributed by atoms with Crippen molar-refractivity contribution in [1.29, 1.82) is 0 Å². The van der Waals surface area contributed by atoms with Crippen LogP contribution in [0.15, 0.2) is 96.1 Å². The molecule has 0 aliphatic heterocycles. The second kappa shape index (κ2) is 6.46. The number of para-hydroxylation sites is 1. The molecule has 3 aromatic carbocycles. The van der Waals surface area contributed by atoms with Gasteiger partial charge in [0.1, 0.15) is 0 Å². The molecule has 5 rings (SSSR count). The van der Waals surface area contributed by atoms with E-state index in [1.54, 1.807) is 10.8 Å².